The molecule has 1 aromatic rings. The monoisotopic (exact) mass is 337 g/mol. The zero-order valence-corrected chi connectivity index (χ0v) is 14.0. The van der Waals surface area contributed by atoms with Crippen molar-refractivity contribution in [3.05, 3.63) is 28.2 Å². The molecule has 0 bridgehead atoms. The van der Waals surface area contributed by atoms with Gasteiger partial charge in [-0.15, -0.1) is 0 Å². The summed E-state index contributed by atoms with van der Waals surface area (Å²) in [5.74, 6) is 0.992. The molecule has 0 radical (unpaired) electrons. The van der Waals surface area contributed by atoms with E-state index < -0.39 is 0 Å². The van der Waals surface area contributed by atoms with Crippen LogP contribution in [0.1, 0.15) is 64.0 Å². The third-order valence-electron chi connectivity index (χ3n) is 5.03. The number of nitrogens with two attached hydrogens (primary N) is 1. The molecule has 0 saturated heterocycles. The van der Waals surface area contributed by atoms with E-state index in [1.54, 1.807) is 0 Å². The molecule has 1 aliphatic heterocycles. The maximum atomic E-state index is 6.46. The molecule has 3 heteroatoms. The molecule has 2 unspecified atom stereocenters. The van der Waals surface area contributed by atoms with Crippen molar-refractivity contribution >= 4 is 15.9 Å². The maximum absolute atomic E-state index is 6.46. The molecule has 3 rings (SSSR count). The molecule has 20 heavy (non-hydrogen) atoms. The minimum Gasteiger partial charge on any atom is -0.487 e. The zero-order valence-electron chi connectivity index (χ0n) is 12.4. The highest BCUT2D eigenvalue weighted by atomic mass is 79.9. The van der Waals surface area contributed by atoms with Crippen LogP contribution in [-0.2, 0) is 0 Å². The van der Waals surface area contributed by atoms with Crippen molar-refractivity contribution in [2.45, 2.75) is 64.0 Å². The molecule has 1 saturated carbocycles. The predicted octanol–water partition coefficient (Wildman–Crippen LogP) is 4.96. The van der Waals surface area contributed by atoms with Crippen LogP contribution in [0.4, 0.5) is 0 Å². The highest BCUT2D eigenvalue weighted by molar-refractivity contribution is 9.10. The van der Waals surface area contributed by atoms with Gasteiger partial charge < -0.3 is 10.5 Å². The van der Waals surface area contributed by atoms with Crippen LogP contribution in [-0.4, -0.2) is 5.60 Å². The number of hydrogen-bond donors (Lipinski definition) is 1. The van der Waals surface area contributed by atoms with Gasteiger partial charge in [-0.3, -0.25) is 0 Å². The largest absolute Gasteiger partial charge is 0.487 e. The predicted molar refractivity (Wildman–Crippen MR) is 85.9 cm³/mol. The Labute approximate surface area is 130 Å². The van der Waals surface area contributed by atoms with E-state index >= 15 is 0 Å². The van der Waals surface area contributed by atoms with E-state index in [0.717, 1.165) is 35.0 Å². The second kappa shape index (κ2) is 5.03. The summed E-state index contributed by atoms with van der Waals surface area (Å²) in [6.07, 6.45) is 6.98. The lowest BCUT2D eigenvalue weighted by Crippen LogP contribution is -2.42. The summed E-state index contributed by atoms with van der Waals surface area (Å²) in [6, 6.07) is 6.31. The van der Waals surface area contributed by atoms with E-state index in [9.17, 15) is 0 Å². The van der Waals surface area contributed by atoms with E-state index in [4.69, 9.17) is 10.5 Å². The Morgan fingerprint density at radius 1 is 1.20 bits per heavy atom. The van der Waals surface area contributed by atoms with Crippen LogP contribution >= 0.6 is 15.9 Å². The second-order valence-electron chi connectivity index (χ2n) is 7.30. The first-order chi connectivity index (χ1) is 9.39. The molecule has 2 nitrogen and oxygen atoms in total. The van der Waals surface area contributed by atoms with Crippen LogP contribution in [0.15, 0.2) is 22.7 Å². The minimum atomic E-state index is -0.0337. The highest BCUT2D eigenvalue weighted by Crippen LogP contribution is 2.48. The molecular weight excluding hydrogens is 314 g/mol. The van der Waals surface area contributed by atoms with E-state index in [1.807, 2.05) is 6.07 Å². The van der Waals surface area contributed by atoms with Crippen molar-refractivity contribution in [2.75, 3.05) is 0 Å². The first-order valence-electron chi connectivity index (χ1n) is 7.63. The van der Waals surface area contributed by atoms with Crippen LogP contribution in [0.3, 0.4) is 0 Å². The number of ether oxygens (including phenoxy) is 1. The number of fused-ring (bicyclic) bond motifs is 1. The van der Waals surface area contributed by atoms with Crippen LogP contribution in [0.25, 0.3) is 0 Å². The van der Waals surface area contributed by atoms with Gasteiger partial charge in [0.05, 0.1) is 0 Å². The molecule has 1 fully saturated rings. The van der Waals surface area contributed by atoms with E-state index in [2.05, 4.69) is 41.9 Å². The third-order valence-corrected chi connectivity index (χ3v) is 5.53. The molecule has 2 atom stereocenters. The van der Waals surface area contributed by atoms with Crippen LogP contribution < -0.4 is 10.5 Å². The average Bonchev–Trinajstić information content (AvgIpc) is 2.51. The molecule has 1 spiro atoms. The molecule has 2 aliphatic rings. The van der Waals surface area contributed by atoms with Crippen molar-refractivity contribution in [2.24, 2.45) is 11.1 Å². The molecule has 0 aromatic heterocycles. The minimum absolute atomic E-state index is 0.0337. The van der Waals surface area contributed by atoms with Gasteiger partial charge in [0.25, 0.3) is 0 Å². The molecule has 1 heterocycles. The summed E-state index contributed by atoms with van der Waals surface area (Å²) in [6.45, 7) is 4.75. The second-order valence-corrected chi connectivity index (χ2v) is 8.21. The third kappa shape index (κ3) is 2.75. The standard InChI is InChI=1S/C17H24BrNO/c1-16(2)6-3-7-17(9-8-16)11-14(19)13-10-12(18)4-5-15(13)20-17/h4-5,10,14H,3,6-9,11,19H2,1-2H3. The number of benzene rings is 1. The SMILES string of the molecule is CC1(C)CCCC2(CC1)CC(N)c1cc(Br)ccc1O2. The quantitative estimate of drug-likeness (QED) is 0.726. The van der Waals surface area contributed by atoms with Gasteiger partial charge in [-0.1, -0.05) is 29.8 Å². The molecule has 0 amide bonds. The van der Waals surface area contributed by atoms with Gasteiger partial charge in [0.15, 0.2) is 0 Å². The summed E-state index contributed by atoms with van der Waals surface area (Å²) in [5, 5.41) is 0. The van der Waals surface area contributed by atoms with E-state index in [-0.39, 0.29) is 11.6 Å². The lowest BCUT2D eigenvalue weighted by atomic mass is 9.80. The zero-order chi connectivity index (χ0) is 14.4. The fraction of sp³-hybridized carbons (Fsp3) is 0.647. The van der Waals surface area contributed by atoms with Crippen LogP contribution in [0, 0.1) is 5.41 Å². The van der Waals surface area contributed by atoms with Gasteiger partial charge >= 0.3 is 0 Å². The number of hydrogen-bond acceptors (Lipinski definition) is 2. The Bertz CT molecular complexity index is 514. The number of halogens is 1. The Balaban J connectivity index is 1.88. The van der Waals surface area contributed by atoms with E-state index in [0.29, 0.717) is 5.41 Å². The molecule has 1 aliphatic carbocycles. The Morgan fingerprint density at radius 2 is 2.00 bits per heavy atom. The van der Waals surface area contributed by atoms with Gasteiger partial charge in [0.1, 0.15) is 11.4 Å². The van der Waals surface area contributed by atoms with Crippen molar-refractivity contribution < 1.29 is 4.74 Å². The summed E-state index contributed by atoms with van der Waals surface area (Å²) < 4.78 is 7.54. The van der Waals surface area contributed by atoms with Crippen molar-refractivity contribution in [3.63, 3.8) is 0 Å². The average molecular weight is 338 g/mol. The summed E-state index contributed by atoms with van der Waals surface area (Å²) in [5.41, 5.74) is 7.99. The van der Waals surface area contributed by atoms with Gasteiger partial charge in [-0.2, -0.15) is 0 Å². The lowest BCUT2D eigenvalue weighted by molar-refractivity contribution is 0.0189. The van der Waals surface area contributed by atoms with Gasteiger partial charge in [0, 0.05) is 22.5 Å². The molecule has 2 N–H and O–H groups in total. The van der Waals surface area contributed by atoms with Crippen molar-refractivity contribution in [1.29, 1.82) is 0 Å². The normalized spacial score (nSPS) is 32.3. The fourth-order valence-corrected chi connectivity index (χ4v) is 4.08. The summed E-state index contributed by atoms with van der Waals surface area (Å²) in [7, 11) is 0. The molecule has 110 valence electrons. The lowest BCUT2D eigenvalue weighted by Gasteiger charge is -2.41. The van der Waals surface area contributed by atoms with E-state index in [1.165, 1.54) is 19.3 Å². The van der Waals surface area contributed by atoms with Gasteiger partial charge in [-0.25, -0.2) is 0 Å². The Hall–Kier alpha value is -0.540. The smallest absolute Gasteiger partial charge is 0.124 e. The van der Waals surface area contributed by atoms with Gasteiger partial charge in [-0.05, 0) is 55.7 Å². The first-order valence-corrected chi connectivity index (χ1v) is 8.43. The fourth-order valence-electron chi connectivity index (χ4n) is 3.70. The van der Waals surface area contributed by atoms with Crippen molar-refractivity contribution in [1.82, 2.24) is 0 Å². The maximum Gasteiger partial charge on any atom is 0.124 e. The van der Waals surface area contributed by atoms with Gasteiger partial charge in [0.2, 0.25) is 0 Å². The summed E-state index contributed by atoms with van der Waals surface area (Å²) >= 11 is 3.52. The molecular formula is C17H24BrNO. The van der Waals surface area contributed by atoms with Crippen LogP contribution in [0.5, 0.6) is 5.75 Å². The Morgan fingerprint density at radius 3 is 2.80 bits per heavy atom. The van der Waals surface area contributed by atoms with Crippen LogP contribution in [0.2, 0.25) is 0 Å². The molecule has 1 aromatic carbocycles. The summed E-state index contributed by atoms with van der Waals surface area (Å²) in [4.78, 5) is 0. The van der Waals surface area contributed by atoms with Crippen molar-refractivity contribution in [3.8, 4) is 5.75 Å². The Kier molecular flexibility index (Phi) is 3.62. The highest BCUT2D eigenvalue weighted by Gasteiger charge is 2.42. The first kappa shape index (κ1) is 14.4. The topological polar surface area (TPSA) is 35.2 Å². The number of rotatable bonds is 0.